The number of carboxylic acids is 1. The number of phenols is 1. The van der Waals surface area contributed by atoms with Gasteiger partial charge in [-0.15, -0.1) is 0 Å². The quantitative estimate of drug-likeness (QED) is 0.343. The first-order valence-corrected chi connectivity index (χ1v) is 10.3. The Hall–Kier alpha value is -2.88. The number of carboxylic acid groups (broad SMARTS) is 1. The molecule has 0 fully saturated rings. The zero-order valence-electron chi connectivity index (χ0n) is 16.2. The standard InChI is InChI=1S/C22H22INO6/c1-14(7-5-6-10-19(26)27)20(17-13-16(23)11-12-18(17)25)30-22(29)24-21(28)15-8-3-2-4-9-15/h2-4,6,8-14,20,25H,5,7H2,1H3,(H,26,27)(H,24,28,29)/b10-6+/t14-,20+/m1/s1. The minimum absolute atomic E-state index is 0.0319. The monoisotopic (exact) mass is 523 g/mol. The van der Waals surface area contributed by atoms with Crippen LogP contribution in [0.25, 0.3) is 0 Å². The number of imide groups is 1. The van der Waals surface area contributed by atoms with Gasteiger partial charge in [-0.3, -0.25) is 10.1 Å². The van der Waals surface area contributed by atoms with Crippen LogP contribution in [0.1, 0.15) is 41.8 Å². The first-order valence-electron chi connectivity index (χ1n) is 9.22. The van der Waals surface area contributed by atoms with Gasteiger partial charge in [0.25, 0.3) is 5.91 Å². The third kappa shape index (κ3) is 7.18. The van der Waals surface area contributed by atoms with Gasteiger partial charge in [0.05, 0.1) is 0 Å². The Kier molecular flexibility index (Phi) is 8.85. The molecule has 0 aliphatic carbocycles. The largest absolute Gasteiger partial charge is 0.508 e. The van der Waals surface area contributed by atoms with E-state index in [-0.39, 0.29) is 11.7 Å². The summed E-state index contributed by atoms with van der Waals surface area (Å²) in [7, 11) is 0. The summed E-state index contributed by atoms with van der Waals surface area (Å²) in [5.74, 6) is -1.92. The van der Waals surface area contributed by atoms with Gasteiger partial charge < -0.3 is 14.9 Å². The third-order valence-electron chi connectivity index (χ3n) is 4.35. The highest BCUT2D eigenvalue weighted by Gasteiger charge is 2.27. The third-order valence-corrected chi connectivity index (χ3v) is 5.02. The smallest absolute Gasteiger partial charge is 0.414 e. The molecule has 2 aromatic rings. The molecule has 2 amide bonds. The summed E-state index contributed by atoms with van der Waals surface area (Å²) in [6.45, 7) is 1.82. The number of hydrogen-bond donors (Lipinski definition) is 3. The van der Waals surface area contributed by atoms with Crippen LogP contribution in [0.15, 0.2) is 60.7 Å². The number of amides is 2. The van der Waals surface area contributed by atoms with Crippen LogP contribution in [-0.4, -0.2) is 28.2 Å². The van der Waals surface area contributed by atoms with Crippen LogP contribution < -0.4 is 5.32 Å². The summed E-state index contributed by atoms with van der Waals surface area (Å²) in [6, 6.07) is 13.2. The number of rotatable bonds is 8. The van der Waals surface area contributed by atoms with Crippen LogP contribution in [0.2, 0.25) is 0 Å². The molecule has 7 nitrogen and oxygen atoms in total. The molecule has 0 bridgehead atoms. The molecule has 8 heteroatoms. The van der Waals surface area contributed by atoms with Crippen LogP contribution >= 0.6 is 22.6 Å². The zero-order chi connectivity index (χ0) is 22.1. The second-order valence-corrected chi connectivity index (χ2v) is 7.89. The van der Waals surface area contributed by atoms with E-state index in [1.54, 1.807) is 42.5 Å². The Balaban J connectivity index is 2.16. The number of carbonyl (C=O) groups excluding carboxylic acids is 2. The summed E-state index contributed by atoms with van der Waals surface area (Å²) in [5.41, 5.74) is 0.730. The minimum Gasteiger partial charge on any atom is -0.508 e. The normalized spacial score (nSPS) is 12.9. The van der Waals surface area contributed by atoms with E-state index in [0.29, 0.717) is 24.0 Å². The summed E-state index contributed by atoms with van der Waals surface area (Å²) in [5, 5.41) is 21.2. The SMILES string of the molecule is C[C@H](CC/C=C/C(=O)O)[C@H](OC(=O)NC(=O)c1ccccc1)c1cc(I)ccc1O. The number of aliphatic carboxylic acids is 1. The molecule has 0 saturated carbocycles. The van der Waals surface area contributed by atoms with E-state index in [0.717, 1.165) is 9.65 Å². The van der Waals surface area contributed by atoms with Gasteiger partial charge in [0.15, 0.2) is 0 Å². The Morgan fingerprint density at radius 2 is 1.87 bits per heavy atom. The van der Waals surface area contributed by atoms with Crippen molar-refractivity contribution in [3.8, 4) is 5.75 Å². The predicted octanol–water partition coefficient (Wildman–Crippen LogP) is 4.66. The Morgan fingerprint density at radius 1 is 1.17 bits per heavy atom. The van der Waals surface area contributed by atoms with E-state index in [1.807, 2.05) is 6.92 Å². The van der Waals surface area contributed by atoms with Crippen molar-refractivity contribution in [2.24, 2.45) is 5.92 Å². The van der Waals surface area contributed by atoms with E-state index in [2.05, 4.69) is 27.9 Å². The van der Waals surface area contributed by atoms with Crippen LogP contribution in [-0.2, 0) is 9.53 Å². The number of phenolic OH excluding ortho intramolecular Hbond substituents is 1. The van der Waals surface area contributed by atoms with Crippen LogP contribution in [0.4, 0.5) is 4.79 Å². The lowest BCUT2D eigenvalue weighted by Crippen LogP contribution is -2.33. The summed E-state index contributed by atoms with van der Waals surface area (Å²) < 4.78 is 6.37. The molecule has 0 saturated heterocycles. The van der Waals surface area contributed by atoms with Crippen molar-refractivity contribution in [1.82, 2.24) is 5.32 Å². The van der Waals surface area contributed by atoms with Gasteiger partial charge in [-0.25, -0.2) is 9.59 Å². The topological polar surface area (TPSA) is 113 Å². The fourth-order valence-electron chi connectivity index (χ4n) is 2.83. The number of benzene rings is 2. The van der Waals surface area contributed by atoms with Crippen LogP contribution in [0.5, 0.6) is 5.75 Å². The van der Waals surface area contributed by atoms with Crippen molar-refractivity contribution in [2.45, 2.75) is 25.9 Å². The van der Waals surface area contributed by atoms with Crippen LogP contribution in [0.3, 0.4) is 0 Å². The van der Waals surface area contributed by atoms with Gasteiger partial charge in [0.1, 0.15) is 11.9 Å². The highest BCUT2D eigenvalue weighted by molar-refractivity contribution is 14.1. The molecule has 2 atom stereocenters. The number of nitrogens with one attached hydrogen (secondary N) is 1. The van der Waals surface area contributed by atoms with Crippen LogP contribution in [0, 0.1) is 9.49 Å². The predicted molar refractivity (Wildman–Crippen MR) is 119 cm³/mol. The van der Waals surface area contributed by atoms with Crippen molar-refractivity contribution in [3.05, 3.63) is 75.4 Å². The van der Waals surface area contributed by atoms with Gasteiger partial charge >= 0.3 is 12.1 Å². The van der Waals surface area contributed by atoms with E-state index in [9.17, 15) is 19.5 Å². The summed E-state index contributed by atoms with van der Waals surface area (Å²) in [6.07, 6.45) is 1.75. The number of hydrogen-bond acceptors (Lipinski definition) is 5. The van der Waals surface area contributed by atoms with E-state index >= 15 is 0 Å². The number of allylic oxidation sites excluding steroid dienone is 1. The molecule has 3 N–H and O–H groups in total. The van der Waals surface area contributed by atoms with Crippen molar-refractivity contribution in [3.63, 3.8) is 0 Å². The maximum atomic E-state index is 12.4. The zero-order valence-corrected chi connectivity index (χ0v) is 18.4. The lowest BCUT2D eigenvalue weighted by Gasteiger charge is -2.25. The Bertz CT molecular complexity index is 928. The summed E-state index contributed by atoms with van der Waals surface area (Å²) >= 11 is 2.08. The molecule has 0 heterocycles. The van der Waals surface area contributed by atoms with E-state index in [1.165, 1.54) is 12.1 Å². The molecule has 2 aromatic carbocycles. The molecule has 0 aromatic heterocycles. The second kappa shape index (κ2) is 11.3. The fourth-order valence-corrected chi connectivity index (χ4v) is 3.35. The second-order valence-electron chi connectivity index (χ2n) is 6.64. The van der Waals surface area contributed by atoms with Gasteiger partial charge in [-0.2, -0.15) is 0 Å². The molecule has 30 heavy (non-hydrogen) atoms. The lowest BCUT2D eigenvalue weighted by atomic mass is 9.92. The minimum atomic E-state index is -1.04. The number of alkyl carbamates (subject to hydrolysis) is 1. The number of carbonyl (C=O) groups is 3. The number of aromatic hydroxyl groups is 1. The van der Waals surface area contributed by atoms with E-state index < -0.39 is 24.1 Å². The molecule has 158 valence electrons. The molecular weight excluding hydrogens is 501 g/mol. The van der Waals surface area contributed by atoms with Gasteiger partial charge in [-0.1, -0.05) is 31.2 Å². The van der Waals surface area contributed by atoms with Crippen molar-refractivity contribution >= 4 is 40.6 Å². The number of ether oxygens (including phenoxy) is 1. The van der Waals surface area contributed by atoms with E-state index in [4.69, 9.17) is 9.84 Å². The molecule has 0 unspecified atom stereocenters. The van der Waals surface area contributed by atoms with Crippen molar-refractivity contribution < 1.29 is 29.3 Å². The molecule has 0 radical (unpaired) electrons. The molecule has 0 spiro atoms. The lowest BCUT2D eigenvalue weighted by molar-refractivity contribution is -0.131. The molecule has 0 aliphatic heterocycles. The fraction of sp³-hybridized carbons (Fsp3) is 0.227. The average Bonchev–Trinajstić information content (AvgIpc) is 2.71. The van der Waals surface area contributed by atoms with Crippen molar-refractivity contribution in [1.29, 1.82) is 0 Å². The van der Waals surface area contributed by atoms with Gasteiger partial charge in [0, 0.05) is 20.8 Å². The molecule has 0 aliphatic rings. The number of halogens is 1. The molecule has 2 rings (SSSR count). The summed E-state index contributed by atoms with van der Waals surface area (Å²) in [4.78, 5) is 35.2. The molecular formula is C22H22INO6. The van der Waals surface area contributed by atoms with Gasteiger partial charge in [-0.05, 0) is 71.7 Å². The van der Waals surface area contributed by atoms with Gasteiger partial charge in [0.2, 0.25) is 0 Å². The average molecular weight is 523 g/mol. The highest BCUT2D eigenvalue weighted by Crippen LogP contribution is 2.35. The Morgan fingerprint density at radius 3 is 2.53 bits per heavy atom. The highest BCUT2D eigenvalue weighted by atomic mass is 127. The Labute approximate surface area is 187 Å². The van der Waals surface area contributed by atoms with Crippen molar-refractivity contribution in [2.75, 3.05) is 0 Å². The maximum Gasteiger partial charge on any atom is 0.414 e. The first-order chi connectivity index (χ1) is 14.3. The maximum absolute atomic E-state index is 12.4. The first kappa shape index (κ1) is 23.4.